The molecule has 0 heterocycles. The molecule has 1 aromatic carbocycles. The number of nitro groups is 1. The number of carbonyl (C=O) groups excluding carboxylic acids is 1. The first-order valence-electron chi connectivity index (χ1n) is 3.70. The molecule has 0 radical (unpaired) electrons. The van der Waals surface area contributed by atoms with Gasteiger partial charge in [-0.25, -0.2) is 10.1 Å². The molecule has 0 saturated carbocycles. The highest BCUT2D eigenvalue weighted by Gasteiger charge is 2.19. The molecule has 14 heavy (non-hydrogen) atoms. The van der Waals surface area contributed by atoms with Crippen LogP contribution in [0.25, 0.3) is 0 Å². The number of hydrogen-bond acceptors (Lipinski definition) is 3. The Labute approximate surface area is 94.0 Å². The molecule has 1 rings (SSSR count). The standard InChI is InChI=1S/C8H7IN2O3/c1-10(11(13)14)8(12)6-3-2-4-7(9)5-6/h2-5H,1H3. The minimum atomic E-state index is -0.748. The average Bonchev–Trinajstić information content (AvgIpc) is 2.15. The Morgan fingerprint density at radius 1 is 1.57 bits per heavy atom. The highest BCUT2D eigenvalue weighted by Crippen LogP contribution is 2.09. The molecule has 0 fully saturated rings. The first-order chi connectivity index (χ1) is 6.52. The Bertz CT molecular complexity index is 381. The summed E-state index contributed by atoms with van der Waals surface area (Å²) < 4.78 is 0.866. The van der Waals surface area contributed by atoms with Gasteiger partial charge in [0.25, 0.3) is 0 Å². The third-order valence-corrected chi connectivity index (χ3v) is 2.28. The van der Waals surface area contributed by atoms with Crippen molar-refractivity contribution in [1.82, 2.24) is 5.01 Å². The van der Waals surface area contributed by atoms with Crippen LogP contribution in [-0.2, 0) is 0 Å². The molecule has 6 heteroatoms. The summed E-state index contributed by atoms with van der Waals surface area (Å²) in [7, 11) is 1.13. The van der Waals surface area contributed by atoms with Crippen LogP contribution in [0, 0.1) is 13.7 Å². The topological polar surface area (TPSA) is 63.5 Å². The molecule has 0 unspecified atom stereocenters. The second kappa shape index (κ2) is 4.36. The van der Waals surface area contributed by atoms with E-state index in [2.05, 4.69) is 0 Å². The number of carbonyl (C=O) groups is 1. The van der Waals surface area contributed by atoms with Gasteiger partial charge in [0.15, 0.2) is 5.03 Å². The minimum absolute atomic E-state index is 0.316. The molecule has 0 aliphatic heterocycles. The summed E-state index contributed by atoms with van der Waals surface area (Å²) in [5.41, 5.74) is 0.316. The Kier molecular flexibility index (Phi) is 3.39. The molecule has 0 aliphatic rings. The number of rotatable bonds is 2. The van der Waals surface area contributed by atoms with Crippen molar-refractivity contribution in [3.63, 3.8) is 0 Å². The van der Waals surface area contributed by atoms with E-state index in [1.165, 1.54) is 0 Å². The van der Waals surface area contributed by atoms with E-state index in [0.29, 0.717) is 10.6 Å². The number of halogens is 1. The lowest BCUT2D eigenvalue weighted by molar-refractivity contribution is -0.625. The Morgan fingerprint density at radius 2 is 2.21 bits per heavy atom. The van der Waals surface area contributed by atoms with E-state index in [1.807, 2.05) is 28.7 Å². The van der Waals surface area contributed by atoms with E-state index in [0.717, 1.165) is 10.6 Å². The van der Waals surface area contributed by atoms with Gasteiger partial charge < -0.3 is 0 Å². The average molecular weight is 306 g/mol. The molecule has 0 aromatic heterocycles. The number of hydrazine groups is 1. The molecule has 1 amide bonds. The van der Waals surface area contributed by atoms with Crippen LogP contribution in [0.5, 0.6) is 0 Å². The summed E-state index contributed by atoms with van der Waals surface area (Å²) in [6, 6.07) is 6.64. The van der Waals surface area contributed by atoms with Crippen molar-refractivity contribution in [1.29, 1.82) is 0 Å². The van der Waals surface area contributed by atoms with Crippen LogP contribution in [0.2, 0.25) is 0 Å². The molecule has 74 valence electrons. The fraction of sp³-hybridized carbons (Fsp3) is 0.125. The predicted octanol–water partition coefficient (Wildman–Crippen LogP) is 1.55. The Morgan fingerprint density at radius 3 is 2.71 bits per heavy atom. The Hall–Kier alpha value is -1.18. The summed E-state index contributed by atoms with van der Waals surface area (Å²) in [4.78, 5) is 21.7. The van der Waals surface area contributed by atoms with Gasteiger partial charge in [-0.15, -0.1) is 0 Å². The summed E-state index contributed by atoms with van der Waals surface area (Å²) in [6.45, 7) is 0. The summed E-state index contributed by atoms with van der Waals surface area (Å²) >= 11 is 2.04. The van der Waals surface area contributed by atoms with E-state index in [4.69, 9.17) is 0 Å². The molecule has 5 nitrogen and oxygen atoms in total. The van der Waals surface area contributed by atoms with Crippen molar-refractivity contribution >= 4 is 28.5 Å². The molecule has 0 bridgehead atoms. The quantitative estimate of drug-likeness (QED) is 0.473. The van der Waals surface area contributed by atoms with Crippen LogP contribution in [0.1, 0.15) is 10.4 Å². The van der Waals surface area contributed by atoms with E-state index in [-0.39, 0.29) is 0 Å². The van der Waals surface area contributed by atoms with Gasteiger partial charge in [-0.3, -0.25) is 4.79 Å². The van der Waals surface area contributed by atoms with Crippen molar-refractivity contribution in [2.45, 2.75) is 0 Å². The van der Waals surface area contributed by atoms with Crippen molar-refractivity contribution < 1.29 is 9.83 Å². The molecule has 0 saturated heterocycles. The number of nitrogens with zero attached hydrogens (tertiary/aromatic N) is 2. The lowest BCUT2D eigenvalue weighted by Crippen LogP contribution is -2.32. The van der Waals surface area contributed by atoms with Crippen LogP contribution >= 0.6 is 22.6 Å². The van der Waals surface area contributed by atoms with Crippen LogP contribution < -0.4 is 0 Å². The lowest BCUT2D eigenvalue weighted by atomic mass is 10.2. The molecule has 0 aliphatic carbocycles. The first kappa shape index (κ1) is 10.9. The molecule has 0 N–H and O–H groups in total. The zero-order valence-corrected chi connectivity index (χ0v) is 9.46. The molecular formula is C8H7IN2O3. The SMILES string of the molecule is CN(C(=O)c1cccc(I)c1)[N+](=O)[O-]. The van der Waals surface area contributed by atoms with Gasteiger partial charge in [0.1, 0.15) is 0 Å². The summed E-state index contributed by atoms with van der Waals surface area (Å²) in [5, 5.41) is 10.0. The molecule has 0 spiro atoms. The highest BCUT2D eigenvalue weighted by atomic mass is 127. The van der Waals surface area contributed by atoms with Gasteiger partial charge in [-0.2, -0.15) is 0 Å². The maximum absolute atomic E-state index is 11.4. The van der Waals surface area contributed by atoms with Crippen molar-refractivity contribution in [3.05, 3.63) is 43.5 Å². The van der Waals surface area contributed by atoms with E-state index in [9.17, 15) is 14.9 Å². The fourth-order valence-electron chi connectivity index (χ4n) is 0.883. The molecule has 1 aromatic rings. The number of hydrogen-bond donors (Lipinski definition) is 0. The fourth-order valence-corrected chi connectivity index (χ4v) is 1.43. The monoisotopic (exact) mass is 306 g/mol. The zero-order chi connectivity index (χ0) is 10.7. The second-order valence-electron chi connectivity index (χ2n) is 2.58. The van der Waals surface area contributed by atoms with Crippen LogP contribution in [0.4, 0.5) is 0 Å². The second-order valence-corrected chi connectivity index (χ2v) is 3.82. The third kappa shape index (κ3) is 2.41. The maximum atomic E-state index is 11.4. The highest BCUT2D eigenvalue weighted by molar-refractivity contribution is 14.1. The minimum Gasteiger partial charge on any atom is -0.263 e. The van der Waals surface area contributed by atoms with Gasteiger partial charge in [0.05, 0.1) is 7.05 Å². The van der Waals surface area contributed by atoms with Gasteiger partial charge in [0.2, 0.25) is 0 Å². The largest absolute Gasteiger partial charge is 0.313 e. The van der Waals surface area contributed by atoms with Gasteiger partial charge in [-0.1, -0.05) is 11.1 Å². The number of benzene rings is 1. The third-order valence-electron chi connectivity index (χ3n) is 1.61. The van der Waals surface area contributed by atoms with Crippen molar-refractivity contribution in [2.75, 3.05) is 7.05 Å². The normalized spacial score (nSPS) is 9.57. The van der Waals surface area contributed by atoms with Gasteiger partial charge in [-0.05, 0) is 40.8 Å². The van der Waals surface area contributed by atoms with Crippen LogP contribution in [0.15, 0.2) is 24.3 Å². The van der Waals surface area contributed by atoms with E-state index >= 15 is 0 Å². The lowest BCUT2D eigenvalue weighted by Gasteiger charge is -2.06. The summed E-state index contributed by atoms with van der Waals surface area (Å²) in [6.07, 6.45) is 0. The van der Waals surface area contributed by atoms with Crippen LogP contribution in [-0.4, -0.2) is 23.0 Å². The Balaban J connectivity index is 2.95. The van der Waals surface area contributed by atoms with Crippen molar-refractivity contribution in [3.8, 4) is 0 Å². The summed E-state index contributed by atoms with van der Waals surface area (Å²) in [5.74, 6) is -0.617. The molecular weight excluding hydrogens is 299 g/mol. The van der Waals surface area contributed by atoms with Gasteiger partial charge in [0, 0.05) is 9.13 Å². The van der Waals surface area contributed by atoms with E-state index in [1.54, 1.807) is 18.2 Å². The maximum Gasteiger partial charge on any atom is 0.313 e. The first-order valence-corrected chi connectivity index (χ1v) is 4.78. The zero-order valence-electron chi connectivity index (χ0n) is 7.31. The smallest absolute Gasteiger partial charge is 0.263 e. The predicted molar refractivity (Wildman–Crippen MR) is 58.2 cm³/mol. The number of amides is 1. The van der Waals surface area contributed by atoms with Gasteiger partial charge >= 0.3 is 5.91 Å². The van der Waals surface area contributed by atoms with Crippen molar-refractivity contribution in [2.24, 2.45) is 0 Å². The van der Waals surface area contributed by atoms with Crippen LogP contribution in [0.3, 0.4) is 0 Å². The molecule has 0 atom stereocenters. The van der Waals surface area contributed by atoms with E-state index < -0.39 is 10.9 Å².